The summed E-state index contributed by atoms with van der Waals surface area (Å²) in [6, 6.07) is 14.2. The zero-order chi connectivity index (χ0) is 18.8. The number of rotatable bonds is 6. The maximum Gasteiger partial charge on any atom is 0.331 e. The molecule has 0 aliphatic carbocycles. The molecule has 8 heteroatoms. The van der Waals surface area contributed by atoms with Crippen LogP contribution in [0.1, 0.15) is 11.1 Å². The lowest BCUT2D eigenvalue weighted by atomic mass is 10.2. The molecule has 2 rings (SSSR count). The van der Waals surface area contributed by atoms with Gasteiger partial charge in [0.1, 0.15) is 11.5 Å². The molecule has 8 nitrogen and oxygen atoms in total. The van der Waals surface area contributed by atoms with Crippen molar-refractivity contribution in [3.05, 3.63) is 59.7 Å². The molecule has 2 aromatic carbocycles. The van der Waals surface area contributed by atoms with Crippen LogP contribution >= 0.6 is 0 Å². The first-order valence-electron chi connectivity index (χ1n) is 7.58. The summed E-state index contributed by atoms with van der Waals surface area (Å²) in [5.41, 5.74) is 5.55. The second-order valence-electron chi connectivity index (χ2n) is 4.88. The summed E-state index contributed by atoms with van der Waals surface area (Å²) < 4.78 is 10.3. The van der Waals surface area contributed by atoms with E-state index in [4.69, 9.17) is 9.47 Å². The lowest BCUT2D eigenvalue weighted by Crippen LogP contribution is -2.35. The predicted molar refractivity (Wildman–Crippen MR) is 97.5 cm³/mol. The van der Waals surface area contributed by atoms with Gasteiger partial charge in [-0.2, -0.15) is 10.2 Å². The van der Waals surface area contributed by atoms with E-state index in [9.17, 15) is 9.59 Å². The summed E-state index contributed by atoms with van der Waals surface area (Å²) in [4.78, 5) is 23.4. The number of hydrogen-bond acceptors (Lipinski definition) is 6. The Balaban J connectivity index is 1.88. The third kappa shape index (κ3) is 5.17. The van der Waals surface area contributed by atoms with E-state index in [-0.39, 0.29) is 0 Å². The Morgan fingerprint density at radius 3 is 1.54 bits per heavy atom. The molecule has 0 saturated heterocycles. The number of para-hydroxylation sites is 2. The largest absolute Gasteiger partial charge is 0.496 e. The fourth-order valence-electron chi connectivity index (χ4n) is 1.97. The minimum absolute atomic E-state index is 0.594. The van der Waals surface area contributed by atoms with Crippen molar-refractivity contribution in [2.75, 3.05) is 14.2 Å². The SMILES string of the molecule is COc1ccccc1/C=N\NC(=O)C(=O)N/N=C\c1ccccc1OC. The molecule has 0 fully saturated rings. The molecule has 0 radical (unpaired) electrons. The number of amides is 2. The Labute approximate surface area is 150 Å². The highest BCUT2D eigenvalue weighted by atomic mass is 16.5. The van der Waals surface area contributed by atoms with Gasteiger partial charge in [-0.1, -0.05) is 24.3 Å². The van der Waals surface area contributed by atoms with Crippen LogP contribution < -0.4 is 20.3 Å². The van der Waals surface area contributed by atoms with E-state index in [1.165, 1.54) is 26.6 Å². The maximum atomic E-state index is 11.7. The van der Waals surface area contributed by atoms with Crippen LogP contribution in [-0.2, 0) is 9.59 Å². The summed E-state index contributed by atoms with van der Waals surface area (Å²) in [7, 11) is 3.05. The summed E-state index contributed by atoms with van der Waals surface area (Å²) >= 11 is 0. The highest BCUT2D eigenvalue weighted by Gasteiger charge is 2.11. The average Bonchev–Trinajstić information content (AvgIpc) is 2.68. The maximum absolute atomic E-state index is 11.7. The number of methoxy groups -OCH3 is 2. The van der Waals surface area contributed by atoms with Crippen molar-refractivity contribution in [2.45, 2.75) is 0 Å². The van der Waals surface area contributed by atoms with Gasteiger partial charge in [-0.05, 0) is 24.3 Å². The van der Waals surface area contributed by atoms with Crippen molar-refractivity contribution in [3.63, 3.8) is 0 Å². The van der Waals surface area contributed by atoms with Crippen molar-refractivity contribution in [3.8, 4) is 11.5 Å². The molecular formula is C18H18N4O4. The summed E-state index contributed by atoms with van der Waals surface area (Å²) in [6.45, 7) is 0. The van der Waals surface area contributed by atoms with E-state index in [0.29, 0.717) is 22.6 Å². The summed E-state index contributed by atoms with van der Waals surface area (Å²) in [5, 5.41) is 7.46. The standard InChI is InChI=1S/C18H18N4O4/c1-25-15-9-5-3-7-13(15)11-19-21-17(23)18(24)22-20-12-14-8-4-6-10-16(14)26-2/h3-12H,1-2H3,(H,21,23)(H,22,24)/b19-11-,20-12-. The normalized spacial score (nSPS) is 10.7. The number of benzene rings is 2. The number of nitrogens with one attached hydrogen (secondary N) is 2. The van der Waals surface area contributed by atoms with Gasteiger partial charge in [-0.15, -0.1) is 0 Å². The van der Waals surface area contributed by atoms with Crippen molar-refractivity contribution in [1.82, 2.24) is 10.9 Å². The quantitative estimate of drug-likeness (QED) is 0.464. The van der Waals surface area contributed by atoms with Crippen molar-refractivity contribution >= 4 is 24.2 Å². The first-order valence-corrected chi connectivity index (χ1v) is 7.58. The molecule has 2 N–H and O–H groups in total. The molecule has 0 aromatic heterocycles. The molecule has 26 heavy (non-hydrogen) atoms. The Morgan fingerprint density at radius 2 is 1.15 bits per heavy atom. The minimum atomic E-state index is -0.951. The molecule has 0 bridgehead atoms. The van der Waals surface area contributed by atoms with Crippen LogP contribution in [0.25, 0.3) is 0 Å². The first-order chi connectivity index (χ1) is 12.7. The Morgan fingerprint density at radius 1 is 0.769 bits per heavy atom. The van der Waals surface area contributed by atoms with Crippen LogP contribution in [0, 0.1) is 0 Å². The second-order valence-corrected chi connectivity index (χ2v) is 4.88. The molecule has 0 atom stereocenters. The van der Waals surface area contributed by atoms with E-state index in [1.54, 1.807) is 36.4 Å². The molecule has 0 aliphatic heterocycles. The molecular weight excluding hydrogens is 336 g/mol. The number of carbonyl (C=O) groups excluding carboxylic acids is 2. The van der Waals surface area contributed by atoms with Gasteiger partial charge in [0.25, 0.3) is 0 Å². The average molecular weight is 354 g/mol. The predicted octanol–water partition coefficient (Wildman–Crippen LogP) is 1.30. The molecule has 0 spiro atoms. The van der Waals surface area contributed by atoms with Gasteiger partial charge in [0.2, 0.25) is 0 Å². The van der Waals surface area contributed by atoms with Gasteiger partial charge in [0, 0.05) is 11.1 Å². The molecule has 0 heterocycles. The lowest BCUT2D eigenvalue weighted by molar-refractivity contribution is -0.139. The van der Waals surface area contributed by atoms with Crippen LogP contribution in [0.3, 0.4) is 0 Å². The second kappa shape index (κ2) is 9.58. The minimum Gasteiger partial charge on any atom is -0.496 e. The van der Waals surface area contributed by atoms with Gasteiger partial charge < -0.3 is 9.47 Å². The summed E-state index contributed by atoms with van der Waals surface area (Å²) in [6.07, 6.45) is 2.75. The van der Waals surface area contributed by atoms with E-state index in [0.717, 1.165) is 0 Å². The Hall–Kier alpha value is -3.68. The smallest absolute Gasteiger partial charge is 0.331 e. The number of nitrogens with zero attached hydrogens (tertiary/aromatic N) is 2. The van der Waals surface area contributed by atoms with E-state index < -0.39 is 11.8 Å². The first kappa shape index (κ1) is 18.7. The van der Waals surface area contributed by atoms with Crippen LogP contribution in [0.4, 0.5) is 0 Å². The van der Waals surface area contributed by atoms with Crippen LogP contribution in [0.15, 0.2) is 58.7 Å². The number of hydrogen-bond donors (Lipinski definition) is 2. The molecule has 0 aliphatic rings. The molecule has 2 amide bonds. The Kier molecular flexibility index (Phi) is 6.87. The Bertz CT molecular complexity index is 764. The van der Waals surface area contributed by atoms with Gasteiger partial charge >= 0.3 is 11.8 Å². The van der Waals surface area contributed by atoms with Gasteiger partial charge in [0.15, 0.2) is 0 Å². The van der Waals surface area contributed by atoms with E-state index in [1.807, 2.05) is 12.1 Å². The zero-order valence-corrected chi connectivity index (χ0v) is 14.3. The highest BCUT2D eigenvalue weighted by molar-refractivity contribution is 6.35. The third-order valence-electron chi connectivity index (χ3n) is 3.22. The number of hydrazone groups is 2. The summed E-state index contributed by atoms with van der Waals surface area (Å²) in [5.74, 6) is -0.714. The third-order valence-corrected chi connectivity index (χ3v) is 3.22. The zero-order valence-electron chi connectivity index (χ0n) is 14.3. The fourth-order valence-corrected chi connectivity index (χ4v) is 1.97. The van der Waals surface area contributed by atoms with Gasteiger partial charge in [-0.25, -0.2) is 10.9 Å². The molecule has 2 aromatic rings. The topological polar surface area (TPSA) is 101 Å². The highest BCUT2D eigenvalue weighted by Crippen LogP contribution is 2.15. The monoisotopic (exact) mass is 354 g/mol. The van der Waals surface area contributed by atoms with Crippen molar-refractivity contribution in [1.29, 1.82) is 0 Å². The van der Waals surface area contributed by atoms with Crippen molar-refractivity contribution in [2.24, 2.45) is 10.2 Å². The van der Waals surface area contributed by atoms with Gasteiger partial charge in [0.05, 0.1) is 26.6 Å². The molecule has 0 unspecified atom stereocenters. The fraction of sp³-hybridized carbons (Fsp3) is 0.111. The van der Waals surface area contributed by atoms with E-state index >= 15 is 0 Å². The molecule has 134 valence electrons. The van der Waals surface area contributed by atoms with Crippen LogP contribution in [0.2, 0.25) is 0 Å². The van der Waals surface area contributed by atoms with Crippen molar-refractivity contribution < 1.29 is 19.1 Å². The van der Waals surface area contributed by atoms with Crippen LogP contribution in [-0.4, -0.2) is 38.5 Å². The number of carbonyl (C=O) groups is 2. The molecule has 0 saturated carbocycles. The van der Waals surface area contributed by atoms with E-state index in [2.05, 4.69) is 21.1 Å². The lowest BCUT2D eigenvalue weighted by Gasteiger charge is -2.03. The number of ether oxygens (including phenoxy) is 2. The van der Waals surface area contributed by atoms with Gasteiger partial charge in [-0.3, -0.25) is 9.59 Å². The van der Waals surface area contributed by atoms with Crippen LogP contribution in [0.5, 0.6) is 11.5 Å².